The van der Waals surface area contributed by atoms with Crippen LogP contribution >= 0.6 is 0 Å². The molecule has 33 heavy (non-hydrogen) atoms. The number of hydrogen-bond donors (Lipinski definition) is 0. The van der Waals surface area contributed by atoms with Gasteiger partial charge in [-0.25, -0.2) is 9.97 Å². The molecule has 7 nitrogen and oxygen atoms in total. The molecule has 1 aliphatic carbocycles. The molecule has 1 fully saturated rings. The van der Waals surface area contributed by atoms with Crippen molar-refractivity contribution < 1.29 is 14.3 Å². The van der Waals surface area contributed by atoms with E-state index in [9.17, 15) is 9.59 Å². The summed E-state index contributed by atoms with van der Waals surface area (Å²) >= 11 is 0. The van der Waals surface area contributed by atoms with E-state index < -0.39 is 0 Å². The second kappa shape index (κ2) is 11.3. The third-order valence-electron chi connectivity index (χ3n) is 6.77. The van der Waals surface area contributed by atoms with Gasteiger partial charge in [0.25, 0.3) is 11.8 Å². The highest BCUT2D eigenvalue weighted by Gasteiger charge is 2.35. The van der Waals surface area contributed by atoms with Crippen molar-refractivity contribution >= 4 is 11.8 Å². The highest BCUT2D eigenvalue weighted by atomic mass is 16.5. The van der Waals surface area contributed by atoms with Crippen molar-refractivity contribution in [2.24, 2.45) is 0 Å². The van der Waals surface area contributed by atoms with Gasteiger partial charge in [0.15, 0.2) is 0 Å². The van der Waals surface area contributed by atoms with E-state index in [0.717, 1.165) is 64.3 Å². The number of benzene rings is 1. The minimum Gasteiger partial charge on any atom is -0.487 e. The van der Waals surface area contributed by atoms with Crippen LogP contribution in [-0.2, 0) is 0 Å². The predicted octanol–water partition coefficient (Wildman–Crippen LogP) is 4.35. The zero-order chi connectivity index (χ0) is 23.0. The van der Waals surface area contributed by atoms with E-state index in [-0.39, 0.29) is 24.0 Å². The van der Waals surface area contributed by atoms with Gasteiger partial charge in [-0.15, -0.1) is 0 Å². The van der Waals surface area contributed by atoms with Crippen LogP contribution in [-0.4, -0.2) is 63.9 Å². The third kappa shape index (κ3) is 5.70. The Morgan fingerprint density at radius 1 is 0.970 bits per heavy atom. The lowest BCUT2D eigenvalue weighted by atomic mass is 9.90. The normalized spacial score (nSPS) is 22.9. The largest absolute Gasteiger partial charge is 0.487 e. The van der Waals surface area contributed by atoms with Gasteiger partial charge in [0, 0.05) is 26.3 Å². The Bertz CT molecular complexity index is 936. The molecule has 2 atom stereocenters. The number of aromatic nitrogens is 2. The summed E-state index contributed by atoms with van der Waals surface area (Å²) in [6.07, 6.45) is 11.9. The third-order valence-corrected chi connectivity index (χ3v) is 6.77. The average Bonchev–Trinajstić information content (AvgIpc) is 2.86. The lowest BCUT2D eigenvalue weighted by Crippen LogP contribution is -2.51. The quantitative estimate of drug-likeness (QED) is 0.646. The Labute approximate surface area is 196 Å². The maximum absolute atomic E-state index is 13.5. The average molecular weight is 451 g/mol. The van der Waals surface area contributed by atoms with Crippen LogP contribution in [0.15, 0.2) is 42.9 Å². The van der Waals surface area contributed by atoms with Crippen LogP contribution in [0.4, 0.5) is 0 Å². The summed E-state index contributed by atoms with van der Waals surface area (Å²) in [6, 6.07) is 9.13. The molecule has 1 saturated carbocycles. The summed E-state index contributed by atoms with van der Waals surface area (Å²) in [4.78, 5) is 38.6. The minimum absolute atomic E-state index is 0.0123. The molecule has 0 bridgehead atoms. The van der Waals surface area contributed by atoms with Gasteiger partial charge in [0.05, 0.1) is 11.6 Å². The first-order valence-corrected chi connectivity index (χ1v) is 12.2. The zero-order valence-electron chi connectivity index (χ0n) is 19.5. The van der Waals surface area contributed by atoms with Gasteiger partial charge in [0.2, 0.25) is 0 Å². The molecule has 7 heteroatoms. The fraction of sp³-hybridized carbons (Fsp3) is 0.538. The van der Waals surface area contributed by atoms with Gasteiger partial charge in [-0.05, 0) is 50.3 Å². The molecule has 0 radical (unpaired) electrons. The van der Waals surface area contributed by atoms with Gasteiger partial charge < -0.3 is 14.5 Å². The number of carbonyl (C=O) groups is 2. The van der Waals surface area contributed by atoms with E-state index in [4.69, 9.17) is 4.74 Å². The van der Waals surface area contributed by atoms with Gasteiger partial charge in [-0.1, -0.05) is 37.8 Å². The van der Waals surface area contributed by atoms with Crippen molar-refractivity contribution in [2.75, 3.05) is 20.1 Å². The Kier molecular flexibility index (Phi) is 7.92. The second-order valence-corrected chi connectivity index (χ2v) is 9.09. The maximum atomic E-state index is 13.5. The van der Waals surface area contributed by atoms with Gasteiger partial charge in [0.1, 0.15) is 23.9 Å². The summed E-state index contributed by atoms with van der Waals surface area (Å²) in [5, 5.41) is 0. The topological polar surface area (TPSA) is 75.6 Å². The number of carbonyl (C=O) groups excluding carboxylic acids is 2. The number of rotatable bonds is 1. The number of fused-ring (bicyclic) bond motifs is 2. The molecule has 1 aliphatic heterocycles. The number of hydrogen-bond acceptors (Lipinski definition) is 5. The SMILES string of the molecule is CN1CCCCCCCN(C(=O)c2ccncn2)[C@@H]2CCCC[C@@H]2Oc2ccccc2C1=O. The van der Waals surface area contributed by atoms with Crippen LogP contribution < -0.4 is 4.74 Å². The van der Waals surface area contributed by atoms with E-state index in [2.05, 4.69) is 9.97 Å². The molecule has 176 valence electrons. The molecule has 0 spiro atoms. The van der Waals surface area contributed by atoms with Crippen LogP contribution in [0.3, 0.4) is 0 Å². The van der Waals surface area contributed by atoms with Crippen molar-refractivity contribution in [3.05, 3.63) is 54.1 Å². The number of ether oxygens (including phenoxy) is 1. The Hall–Kier alpha value is -2.96. The first-order valence-electron chi connectivity index (χ1n) is 12.2. The van der Waals surface area contributed by atoms with Crippen molar-refractivity contribution in [3.8, 4) is 5.75 Å². The molecular weight excluding hydrogens is 416 g/mol. The number of para-hydroxylation sites is 1. The molecule has 2 heterocycles. The number of amides is 2. The summed E-state index contributed by atoms with van der Waals surface area (Å²) in [7, 11) is 1.86. The van der Waals surface area contributed by atoms with E-state index in [1.807, 2.05) is 36.2 Å². The highest BCUT2D eigenvalue weighted by molar-refractivity contribution is 5.96. The van der Waals surface area contributed by atoms with Gasteiger partial charge >= 0.3 is 0 Å². The van der Waals surface area contributed by atoms with E-state index >= 15 is 0 Å². The van der Waals surface area contributed by atoms with Crippen LogP contribution in [0, 0.1) is 0 Å². The lowest BCUT2D eigenvalue weighted by Gasteiger charge is -2.40. The monoisotopic (exact) mass is 450 g/mol. The van der Waals surface area contributed by atoms with Crippen LogP contribution in [0.25, 0.3) is 0 Å². The Morgan fingerprint density at radius 3 is 2.55 bits per heavy atom. The molecule has 2 aliphatic rings. The molecular formula is C26H34N4O3. The molecule has 4 rings (SSSR count). The van der Waals surface area contributed by atoms with Crippen molar-refractivity contribution in [2.45, 2.75) is 69.9 Å². The lowest BCUT2D eigenvalue weighted by molar-refractivity contribution is 0.0266. The molecule has 0 N–H and O–H groups in total. The Morgan fingerprint density at radius 2 is 1.73 bits per heavy atom. The molecule has 0 saturated heterocycles. The summed E-state index contributed by atoms with van der Waals surface area (Å²) < 4.78 is 6.54. The predicted molar refractivity (Wildman–Crippen MR) is 126 cm³/mol. The molecule has 0 unspecified atom stereocenters. The standard InChI is InChI=1S/C26H34N4O3/c1-29-17-9-3-2-4-10-18-30(26(32)21-15-16-27-19-28-21)22-12-6-8-14-24(22)33-23-13-7-5-11-20(23)25(29)31/h5,7,11,13,15-16,19,22,24H,2-4,6,8-10,12,14,17-18H2,1H3/t22-,24+/m1/s1. The minimum atomic E-state index is -0.158. The summed E-state index contributed by atoms with van der Waals surface area (Å²) in [5.74, 6) is 0.531. The fourth-order valence-corrected chi connectivity index (χ4v) is 4.93. The van der Waals surface area contributed by atoms with Crippen LogP contribution in [0.5, 0.6) is 5.75 Å². The zero-order valence-corrected chi connectivity index (χ0v) is 19.5. The van der Waals surface area contributed by atoms with E-state index in [1.165, 1.54) is 6.33 Å². The van der Waals surface area contributed by atoms with Gasteiger partial charge in [-0.3, -0.25) is 9.59 Å². The first kappa shape index (κ1) is 23.2. The van der Waals surface area contributed by atoms with Crippen molar-refractivity contribution in [1.29, 1.82) is 0 Å². The molecule has 2 amide bonds. The first-order chi connectivity index (χ1) is 16.1. The van der Waals surface area contributed by atoms with Crippen LogP contribution in [0.1, 0.15) is 78.6 Å². The smallest absolute Gasteiger partial charge is 0.272 e. The molecule has 1 aromatic carbocycles. The molecule has 1 aromatic heterocycles. The Balaban J connectivity index is 1.66. The highest BCUT2D eigenvalue weighted by Crippen LogP contribution is 2.31. The van der Waals surface area contributed by atoms with E-state index in [0.29, 0.717) is 23.6 Å². The van der Waals surface area contributed by atoms with Gasteiger partial charge in [-0.2, -0.15) is 0 Å². The molecule has 2 aromatic rings. The summed E-state index contributed by atoms with van der Waals surface area (Å²) in [6.45, 7) is 1.42. The van der Waals surface area contributed by atoms with Crippen LogP contribution in [0.2, 0.25) is 0 Å². The maximum Gasteiger partial charge on any atom is 0.272 e. The summed E-state index contributed by atoms with van der Waals surface area (Å²) in [5.41, 5.74) is 1.01. The van der Waals surface area contributed by atoms with Crippen molar-refractivity contribution in [1.82, 2.24) is 19.8 Å². The number of nitrogens with zero attached hydrogens (tertiary/aromatic N) is 4. The second-order valence-electron chi connectivity index (χ2n) is 9.09. The van der Waals surface area contributed by atoms with Crippen molar-refractivity contribution in [3.63, 3.8) is 0 Å². The fourth-order valence-electron chi connectivity index (χ4n) is 4.93. The van der Waals surface area contributed by atoms with E-state index in [1.54, 1.807) is 17.2 Å².